The monoisotopic (exact) mass is 296 g/mol. The first-order chi connectivity index (χ1) is 10.3. The molecule has 0 spiro atoms. The number of rotatable bonds is 12. The minimum absolute atomic E-state index is 0.203. The molecule has 0 unspecified atom stereocenters. The Balaban J connectivity index is 1.80. The van der Waals surface area contributed by atoms with Gasteiger partial charge in [0.2, 0.25) is 0 Å². The number of carbonyl (C=O) groups is 1. The van der Waals surface area contributed by atoms with E-state index in [2.05, 4.69) is 4.74 Å². The van der Waals surface area contributed by atoms with Gasteiger partial charge in [0.25, 0.3) is 0 Å². The van der Waals surface area contributed by atoms with Crippen LogP contribution in [0.5, 0.6) is 0 Å². The first-order valence-electron chi connectivity index (χ1n) is 7.17. The lowest BCUT2D eigenvalue weighted by molar-refractivity contribution is -0.141. The molecule has 0 saturated carbocycles. The number of carbonyl (C=O) groups excluding carboxylic acids is 1. The minimum atomic E-state index is -0.203. The molecule has 118 valence electrons. The topological polar surface area (TPSA) is 54.0 Å². The van der Waals surface area contributed by atoms with Crippen molar-refractivity contribution in [1.82, 2.24) is 0 Å². The lowest BCUT2D eigenvalue weighted by atomic mass is 10.2. The van der Waals surface area contributed by atoms with Crippen LogP contribution in [0.25, 0.3) is 0 Å². The molecule has 0 heterocycles. The standard InChI is InChI=1S/C16H24O5/c1-18-16(17)8-5-9-19-10-11-20-12-13-21-14-15-6-3-2-4-7-15/h2-4,6-7H,5,8-14H2,1H3. The minimum Gasteiger partial charge on any atom is -0.469 e. The lowest BCUT2D eigenvalue weighted by Gasteiger charge is -2.07. The molecule has 0 aromatic heterocycles. The van der Waals surface area contributed by atoms with Gasteiger partial charge in [0.15, 0.2) is 0 Å². The van der Waals surface area contributed by atoms with Crippen molar-refractivity contribution >= 4 is 5.97 Å². The van der Waals surface area contributed by atoms with E-state index in [4.69, 9.17) is 14.2 Å². The first-order valence-corrected chi connectivity index (χ1v) is 7.17. The van der Waals surface area contributed by atoms with Gasteiger partial charge in [-0.3, -0.25) is 4.79 Å². The fourth-order valence-corrected chi connectivity index (χ4v) is 1.62. The predicted octanol–water partition coefficient (Wildman–Crippen LogP) is 2.19. The SMILES string of the molecule is COC(=O)CCCOCCOCCOCc1ccccc1. The number of esters is 1. The van der Waals surface area contributed by atoms with Gasteiger partial charge in [0, 0.05) is 13.0 Å². The number of hydrogen-bond donors (Lipinski definition) is 0. The second-order valence-electron chi connectivity index (χ2n) is 4.44. The van der Waals surface area contributed by atoms with Gasteiger partial charge in [-0.05, 0) is 12.0 Å². The maximum absolute atomic E-state index is 10.8. The Morgan fingerprint density at radius 3 is 2.19 bits per heavy atom. The maximum Gasteiger partial charge on any atom is 0.305 e. The zero-order chi connectivity index (χ0) is 15.2. The fourth-order valence-electron chi connectivity index (χ4n) is 1.62. The highest BCUT2D eigenvalue weighted by Crippen LogP contribution is 2.00. The molecular weight excluding hydrogens is 272 g/mol. The van der Waals surface area contributed by atoms with E-state index < -0.39 is 0 Å². The van der Waals surface area contributed by atoms with Crippen LogP contribution < -0.4 is 0 Å². The third kappa shape index (κ3) is 10.0. The van der Waals surface area contributed by atoms with Crippen molar-refractivity contribution in [2.45, 2.75) is 19.4 Å². The highest BCUT2D eigenvalue weighted by atomic mass is 16.5. The largest absolute Gasteiger partial charge is 0.469 e. The lowest BCUT2D eigenvalue weighted by Crippen LogP contribution is -2.10. The van der Waals surface area contributed by atoms with Crippen LogP contribution in [0.15, 0.2) is 30.3 Å². The van der Waals surface area contributed by atoms with Gasteiger partial charge in [-0.15, -0.1) is 0 Å². The summed E-state index contributed by atoms with van der Waals surface area (Å²) in [5, 5.41) is 0. The summed E-state index contributed by atoms with van der Waals surface area (Å²) in [5.41, 5.74) is 1.16. The van der Waals surface area contributed by atoms with Gasteiger partial charge >= 0.3 is 5.97 Å². The zero-order valence-corrected chi connectivity index (χ0v) is 12.6. The van der Waals surface area contributed by atoms with Crippen molar-refractivity contribution in [1.29, 1.82) is 0 Å². The third-order valence-electron chi connectivity index (χ3n) is 2.75. The molecule has 1 aromatic rings. The fraction of sp³-hybridized carbons (Fsp3) is 0.562. The second kappa shape index (κ2) is 12.3. The smallest absolute Gasteiger partial charge is 0.305 e. The highest BCUT2D eigenvalue weighted by molar-refractivity contribution is 5.68. The van der Waals surface area contributed by atoms with E-state index in [1.54, 1.807) is 0 Å². The molecule has 0 N–H and O–H groups in total. The van der Waals surface area contributed by atoms with E-state index in [-0.39, 0.29) is 5.97 Å². The van der Waals surface area contributed by atoms with Crippen molar-refractivity contribution in [3.8, 4) is 0 Å². The van der Waals surface area contributed by atoms with Crippen molar-refractivity contribution in [3.05, 3.63) is 35.9 Å². The first kappa shape index (κ1) is 17.6. The average Bonchev–Trinajstić information content (AvgIpc) is 2.53. The van der Waals surface area contributed by atoms with E-state index in [1.165, 1.54) is 7.11 Å². The summed E-state index contributed by atoms with van der Waals surface area (Å²) >= 11 is 0. The summed E-state index contributed by atoms with van der Waals surface area (Å²) in [6.07, 6.45) is 1.07. The summed E-state index contributed by atoms with van der Waals surface area (Å²) in [6.45, 7) is 3.33. The Morgan fingerprint density at radius 1 is 0.905 bits per heavy atom. The summed E-state index contributed by atoms with van der Waals surface area (Å²) in [6, 6.07) is 10.0. The molecule has 0 bridgehead atoms. The molecule has 0 saturated heterocycles. The molecule has 0 atom stereocenters. The molecule has 0 aliphatic carbocycles. The Morgan fingerprint density at radius 2 is 1.52 bits per heavy atom. The van der Waals surface area contributed by atoms with Gasteiger partial charge in [-0.2, -0.15) is 0 Å². The van der Waals surface area contributed by atoms with Crippen molar-refractivity contribution in [2.75, 3.05) is 40.1 Å². The van der Waals surface area contributed by atoms with Crippen molar-refractivity contribution in [3.63, 3.8) is 0 Å². The van der Waals surface area contributed by atoms with Crippen LogP contribution in [0.4, 0.5) is 0 Å². The van der Waals surface area contributed by atoms with E-state index in [0.717, 1.165) is 5.56 Å². The van der Waals surface area contributed by atoms with Crippen molar-refractivity contribution in [2.24, 2.45) is 0 Å². The van der Waals surface area contributed by atoms with Crippen LogP contribution in [0.2, 0.25) is 0 Å². The van der Waals surface area contributed by atoms with E-state index >= 15 is 0 Å². The molecule has 0 aliphatic heterocycles. The normalized spacial score (nSPS) is 10.5. The molecule has 0 aliphatic rings. The van der Waals surface area contributed by atoms with Gasteiger partial charge in [-0.25, -0.2) is 0 Å². The average molecular weight is 296 g/mol. The van der Waals surface area contributed by atoms with Gasteiger partial charge in [0.05, 0.1) is 40.1 Å². The highest BCUT2D eigenvalue weighted by Gasteiger charge is 1.99. The Hall–Kier alpha value is -1.43. The zero-order valence-electron chi connectivity index (χ0n) is 12.6. The maximum atomic E-state index is 10.8. The van der Waals surface area contributed by atoms with Crippen LogP contribution in [0.1, 0.15) is 18.4 Å². The Kier molecular flexibility index (Phi) is 10.3. The van der Waals surface area contributed by atoms with E-state index in [0.29, 0.717) is 52.5 Å². The van der Waals surface area contributed by atoms with Gasteiger partial charge in [0.1, 0.15) is 0 Å². The number of hydrogen-bond acceptors (Lipinski definition) is 5. The molecule has 21 heavy (non-hydrogen) atoms. The van der Waals surface area contributed by atoms with Gasteiger partial charge < -0.3 is 18.9 Å². The molecule has 1 rings (SSSR count). The Labute approximate surface area is 126 Å². The summed E-state index contributed by atoms with van der Waals surface area (Å²) in [4.78, 5) is 10.8. The van der Waals surface area contributed by atoms with E-state index in [9.17, 15) is 4.79 Å². The van der Waals surface area contributed by atoms with Crippen LogP contribution in [0, 0.1) is 0 Å². The van der Waals surface area contributed by atoms with Crippen LogP contribution >= 0.6 is 0 Å². The molecule has 5 heteroatoms. The molecule has 1 aromatic carbocycles. The molecule has 5 nitrogen and oxygen atoms in total. The van der Waals surface area contributed by atoms with Crippen molar-refractivity contribution < 1.29 is 23.7 Å². The number of benzene rings is 1. The predicted molar refractivity (Wildman–Crippen MR) is 79.0 cm³/mol. The summed E-state index contributed by atoms with van der Waals surface area (Å²) in [5.74, 6) is -0.203. The number of ether oxygens (including phenoxy) is 4. The summed E-state index contributed by atoms with van der Waals surface area (Å²) < 4.78 is 20.7. The Bertz CT molecular complexity index is 366. The second-order valence-corrected chi connectivity index (χ2v) is 4.44. The summed E-state index contributed by atoms with van der Waals surface area (Å²) in [7, 11) is 1.39. The van der Waals surface area contributed by atoms with E-state index in [1.807, 2.05) is 30.3 Å². The quantitative estimate of drug-likeness (QED) is 0.437. The third-order valence-corrected chi connectivity index (χ3v) is 2.75. The number of methoxy groups -OCH3 is 1. The molecular formula is C16H24O5. The van der Waals surface area contributed by atoms with Crippen LogP contribution in [-0.2, 0) is 30.3 Å². The van der Waals surface area contributed by atoms with Crippen LogP contribution in [-0.4, -0.2) is 46.1 Å². The molecule has 0 fully saturated rings. The van der Waals surface area contributed by atoms with Crippen LogP contribution in [0.3, 0.4) is 0 Å². The molecule has 0 amide bonds. The van der Waals surface area contributed by atoms with Gasteiger partial charge in [-0.1, -0.05) is 30.3 Å². The molecule has 0 radical (unpaired) electrons.